The number of rotatable bonds is 5. The Labute approximate surface area is 114 Å². The number of pyridine rings is 1. The summed E-state index contributed by atoms with van der Waals surface area (Å²) in [7, 11) is 0. The van der Waals surface area contributed by atoms with Crippen molar-refractivity contribution >= 4 is 5.91 Å². The van der Waals surface area contributed by atoms with E-state index in [0.29, 0.717) is 30.1 Å². The topological polar surface area (TPSA) is 62.2 Å². The number of aliphatic hydroxyl groups excluding tert-OH is 1. The molecule has 0 aliphatic carbocycles. The Morgan fingerprint density at radius 2 is 2.37 bits per heavy atom. The van der Waals surface area contributed by atoms with Gasteiger partial charge in [-0.05, 0) is 18.1 Å². The number of nitrogens with one attached hydrogen (secondary N) is 1. The second-order valence-corrected chi connectivity index (χ2v) is 4.40. The Morgan fingerprint density at radius 3 is 3.05 bits per heavy atom. The molecule has 1 aromatic rings. The molecule has 0 spiro atoms. The molecule has 4 heteroatoms. The van der Waals surface area contributed by atoms with Crippen LogP contribution in [0.15, 0.2) is 18.3 Å². The van der Waals surface area contributed by atoms with Gasteiger partial charge in [0.05, 0.1) is 12.2 Å². The Bertz CT molecular complexity index is 475. The molecular weight excluding hydrogens is 240 g/mol. The van der Waals surface area contributed by atoms with Crippen LogP contribution in [-0.4, -0.2) is 29.1 Å². The molecule has 1 amide bonds. The first-order valence-electron chi connectivity index (χ1n) is 6.52. The largest absolute Gasteiger partial charge is 0.395 e. The first-order chi connectivity index (χ1) is 9.19. The van der Waals surface area contributed by atoms with Crippen LogP contribution in [-0.2, 0) is 0 Å². The van der Waals surface area contributed by atoms with Gasteiger partial charge >= 0.3 is 0 Å². The third-order valence-electron chi connectivity index (χ3n) is 2.79. The van der Waals surface area contributed by atoms with Crippen LogP contribution >= 0.6 is 0 Å². The van der Waals surface area contributed by atoms with Crippen molar-refractivity contribution in [3.05, 3.63) is 29.6 Å². The third-order valence-corrected chi connectivity index (χ3v) is 2.79. The van der Waals surface area contributed by atoms with E-state index in [0.717, 1.165) is 6.42 Å². The minimum atomic E-state index is -0.200. The lowest BCUT2D eigenvalue weighted by atomic mass is 10.1. The fourth-order valence-corrected chi connectivity index (χ4v) is 1.40. The van der Waals surface area contributed by atoms with Crippen molar-refractivity contribution in [1.29, 1.82) is 0 Å². The van der Waals surface area contributed by atoms with Gasteiger partial charge in [-0.2, -0.15) is 0 Å². The minimum absolute atomic E-state index is 0.0167. The molecule has 0 saturated heterocycles. The second kappa shape index (κ2) is 8.28. The highest BCUT2D eigenvalue weighted by Crippen LogP contribution is 2.05. The Hall–Kier alpha value is -1.86. The fourth-order valence-electron chi connectivity index (χ4n) is 1.40. The van der Waals surface area contributed by atoms with Crippen LogP contribution in [0.2, 0.25) is 0 Å². The molecule has 1 rings (SSSR count). The Balaban J connectivity index is 2.77. The number of amides is 1. The number of carbonyl (C=O) groups is 1. The van der Waals surface area contributed by atoms with E-state index < -0.39 is 0 Å². The maximum absolute atomic E-state index is 12.0. The average Bonchev–Trinajstić information content (AvgIpc) is 2.45. The summed E-state index contributed by atoms with van der Waals surface area (Å²) in [6.45, 7) is 4.82. The highest BCUT2D eigenvalue weighted by Gasteiger charge is 2.11. The number of aromatic nitrogens is 1. The highest BCUT2D eigenvalue weighted by atomic mass is 16.2. The smallest absolute Gasteiger partial charge is 0.271 e. The van der Waals surface area contributed by atoms with Crippen molar-refractivity contribution in [2.45, 2.75) is 26.7 Å². The normalized spacial score (nSPS) is 11.3. The standard InChI is InChI=1S/C15H20N2O2/c1-3-12(2)11-17-15(19)14-13(7-4-5-10-18)8-6-9-16-14/h6,8-9,12,18H,3,5,10-11H2,1-2H3,(H,17,19). The van der Waals surface area contributed by atoms with Gasteiger partial charge in [0.2, 0.25) is 0 Å². The van der Waals surface area contributed by atoms with E-state index in [2.05, 4.69) is 36.0 Å². The maximum atomic E-state index is 12.0. The number of aliphatic hydroxyl groups is 1. The van der Waals surface area contributed by atoms with E-state index in [1.807, 2.05) is 0 Å². The average molecular weight is 260 g/mol. The van der Waals surface area contributed by atoms with Gasteiger partial charge in [-0.1, -0.05) is 32.1 Å². The van der Waals surface area contributed by atoms with E-state index in [1.54, 1.807) is 18.3 Å². The third kappa shape index (κ3) is 5.11. The Morgan fingerprint density at radius 1 is 1.58 bits per heavy atom. The molecule has 0 aliphatic heterocycles. The summed E-state index contributed by atoms with van der Waals surface area (Å²) in [5, 5.41) is 11.6. The number of nitrogens with zero attached hydrogens (tertiary/aromatic N) is 1. The van der Waals surface area contributed by atoms with Crippen molar-refractivity contribution in [3.63, 3.8) is 0 Å². The molecule has 19 heavy (non-hydrogen) atoms. The molecule has 0 aromatic carbocycles. The maximum Gasteiger partial charge on any atom is 0.271 e. The lowest BCUT2D eigenvalue weighted by molar-refractivity contribution is 0.0942. The summed E-state index contributed by atoms with van der Waals surface area (Å²) in [5.41, 5.74) is 0.939. The SMILES string of the molecule is CCC(C)CNC(=O)c1ncccc1C#CCCO. The van der Waals surface area contributed by atoms with Crippen LogP contribution in [0, 0.1) is 17.8 Å². The van der Waals surface area contributed by atoms with Crippen LogP contribution in [0.1, 0.15) is 42.7 Å². The predicted octanol–water partition coefficient (Wildman–Crippen LogP) is 1.59. The molecule has 0 fully saturated rings. The zero-order valence-corrected chi connectivity index (χ0v) is 11.4. The number of carbonyl (C=O) groups excluding carboxylic acids is 1. The number of hydrogen-bond acceptors (Lipinski definition) is 3. The van der Waals surface area contributed by atoms with Gasteiger partial charge in [0.25, 0.3) is 5.91 Å². The van der Waals surface area contributed by atoms with Crippen molar-refractivity contribution in [2.24, 2.45) is 5.92 Å². The molecule has 2 N–H and O–H groups in total. The van der Waals surface area contributed by atoms with Gasteiger partial charge < -0.3 is 10.4 Å². The Kier molecular flexibility index (Phi) is 6.62. The quantitative estimate of drug-likeness (QED) is 0.790. The van der Waals surface area contributed by atoms with E-state index in [4.69, 9.17) is 5.11 Å². The van der Waals surface area contributed by atoms with Gasteiger partial charge in [0.15, 0.2) is 0 Å². The van der Waals surface area contributed by atoms with Gasteiger partial charge in [-0.25, -0.2) is 4.98 Å². The van der Waals surface area contributed by atoms with Gasteiger partial charge in [0.1, 0.15) is 5.69 Å². The zero-order valence-electron chi connectivity index (χ0n) is 11.4. The summed E-state index contributed by atoms with van der Waals surface area (Å²) in [6, 6.07) is 3.50. The molecule has 0 radical (unpaired) electrons. The van der Waals surface area contributed by atoms with E-state index >= 15 is 0 Å². The van der Waals surface area contributed by atoms with Crippen LogP contribution in [0.25, 0.3) is 0 Å². The van der Waals surface area contributed by atoms with Crippen LogP contribution in [0.4, 0.5) is 0 Å². The van der Waals surface area contributed by atoms with Gasteiger partial charge in [-0.15, -0.1) is 0 Å². The summed E-state index contributed by atoms with van der Waals surface area (Å²) >= 11 is 0. The molecule has 1 aromatic heterocycles. The fraction of sp³-hybridized carbons (Fsp3) is 0.467. The minimum Gasteiger partial charge on any atom is -0.395 e. The molecule has 1 unspecified atom stereocenters. The van der Waals surface area contributed by atoms with Gasteiger partial charge in [0, 0.05) is 19.2 Å². The van der Waals surface area contributed by atoms with E-state index in [9.17, 15) is 4.79 Å². The molecule has 0 aliphatic rings. The van der Waals surface area contributed by atoms with Crippen molar-refractivity contribution in [3.8, 4) is 11.8 Å². The first kappa shape index (κ1) is 15.2. The van der Waals surface area contributed by atoms with Crippen molar-refractivity contribution in [2.75, 3.05) is 13.2 Å². The monoisotopic (exact) mass is 260 g/mol. The molecule has 0 bridgehead atoms. The van der Waals surface area contributed by atoms with Crippen LogP contribution < -0.4 is 5.32 Å². The lowest BCUT2D eigenvalue weighted by Gasteiger charge is -2.10. The van der Waals surface area contributed by atoms with E-state index in [1.165, 1.54) is 0 Å². The lowest BCUT2D eigenvalue weighted by Crippen LogP contribution is -2.29. The van der Waals surface area contributed by atoms with Crippen LogP contribution in [0.3, 0.4) is 0 Å². The molecule has 4 nitrogen and oxygen atoms in total. The van der Waals surface area contributed by atoms with Crippen molar-refractivity contribution < 1.29 is 9.90 Å². The molecule has 1 heterocycles. The second-order valence-electron chi connectivity index (χ2n) is 4.40. The summed E-state index contributed by atoms with van der Waals surface area (Å²) in [5.74, 6) is 5.91. The predicted molar refractivity (Wildman–Crippen MR) is 74.6 cm³/mol. The van der Waals surface area contributed by atoms with Gasteiger partial charge in [-0.3, -0.25) is 4.79 Å². The molecular formula is C15H20N2O2. The summed E-state index contributed by atoms with van der Waals surface area (Å²) in [6.07, 6.45) is 2.99. The molecule has 1 atom stereocenters. The zero-order chi connectivity index (χ0) is 14.1. The van der Waals surface area contributed by atoms with Crippen LogP contribution in [0.5, 0.6) is 0 Å². The molecule has 0 saturated carbocycles. The highest BCUT2D eigenvalue weighted by molar-refractivity contribution is 5.94. The van der Waals surface area contributed by atoms with E-state index in [-0.39, 0.29) is 12.5 Å². The van der Waals surface area contributed by atoms with Crippen molar-refractivity contribution in [1.82, 2.24) is 10.3 Å². The number of hydrogen-bond donors (Lipinski definition) is 2. The first-order valence-corrected chi connectivity index (χ1v) is 6.52. The molecule has 102 valence electrons. The summed E-state index contributed by atoms with van der Waals surface area (Å²) in [4.78, 5) is 16.1. The summed E-state index contributed by atoms with van der Waals surface area (Å²) < 4.78 is 0.